The Kier molecular flexibility index (Phi) is 3.53. The second-order valence-electron chi connectivity index (χ2n) is 4.49. The monoisotopic (exact) mass is 171 g/mol. The van der Waals surface area contributed by atoms with Crippen LogP contribution in [0.4, 0.5) is 0 Å². The standard InChI is InChI=1S/C10H21NO/c1-8(2)6-11-5-4-9(3)10(12)7-11/h8-10,12H,4-7H2,1-3H3/t9-,10+/m0/s1. The molecule has 12 heavy (non-hydrogen) atoms. The molecule has 1 aliphatic rings. The van der Waals surface area contributed by atoms with Crippen molar-refractivity contribution in [3.63, 3.8) is 0 Å². The van der Waals surface area contributed by atoms with Gasteiger partial charge in [0.1, 0.15) is 0 Å². The smallest absolute Gasteiger partial charge is 0.0693 e. The number of aliphatic hydroxyl groups excluding tert-OH is 1. The van der Waals surface area contributed by atoms with Crippen molar-refractivity contribution in [2.75, 3.05) is 19.6 Å². The summed E-state index contributed by atoms with van der Waals surface area (Å²) in [6, 6.07) is 0. The number of aliphatic hydroxyl groups is 1. The Labute approximate surface area is 75.6 Å². The molecule has 0 bridgehead atoms. The van der Waals surface area contributed by atoms with E-state index >= 15 is 0 Å². The van der Waals surface area contributed by atoms with Crippen LogP contribution in [-0.2, 0) is 0 Å². The van der Waals surface area contributed by atoms with Crippen LogP contribution >= 0.6 is 0 Å². The van der Waals surface area contributed by atoms with Gasteiger partial charge in [-0.15, -0.1) is 0 Å². The van der Waals surface area contributed by atoms with Gasteiger partial charge >= 0.3 is 0 Å². The van der Waals surface area contributed by atoms with Crippen molar-refractivity contribution < 1.29 is 5.11 Å². The van der Waals surface area contributed by atoms with Gasteiger partial charge in [0.25, 0.3) is 0 Å². The lowest BCUT2D eigenvalue weighted by molar-refractivity contribution is 0.0248. The molecule has 0 aromatic rings. The molecule has 0 aromatic carbocycles. The van der Waals surface area contributed by atoms with Crippen LogP contribution < -0.4 is 0 Å². The van der Waals surface area contributed by atoms with Crippen molar-refractivity contribution in [3.8, 4) is 0 Å². The summed E-state index contributed by atoms with van der Waals surface area (Å²) in [5, 5.41) is 9.62. The lowest BCUT2D eigenvalue weighted by atomic mass is 9.95. The van der Waals surface area contributed by atoms with E-state index in [1.54, 1.807) is 0 Å². The van der Waals surface area contributed by atoms with Crippen molar-refractivity contribution in [2.24, 2.45) is 11.8 Å². The molecule has 0 radical (unpaired) electrons. The molecule has 0 saturated carbocycles. The van der Waals surface area contributed by atoms with Crippen molar-refractivity contribution in [1.29, 1.82) is 0 Å². The first-order chi connectivity index (χ1) is 5.59. The van der Waals surface area contributed by atoms with E-state index in [2.05, 4.69) is 25.7 Å². The normalized spacial score (nSPS) is 32.8. The zero-order valence-corrected chi connectivity index (χ0v) is 8.45. The Hall–Kier alpha value is -0.0800. The van der Waals surface area contributed by atoms with Crippen molar-refractivity contribution in [2.45, 2.75) is 33.3 Å². The molecule has 72 valence electrons. The SMILES string of the molecule is CC(C)CN1CC[C@H](C)[C@H](O)C1. The summed E-state index contributed by atoms with van der Waals surface area (Å²) in [6.45, 7) is 9.76. The first-order valence-electron chi connectivity index (χ1n) is 5.00. The van der Waals surface area contributed by atoms with E-state index in [9.17, 15) is 5.11 Å². The highest BCUT2D eigenvalue weighted by Crippen LogP contribution is 2.17. The van der Waals surface area contributed by atoms with E-state index in [1.165, 1.54) is 0 Å². The highest BCUT2D eigenvalue weighted by molar-refractivity contribution is 4.77. The summed E-state index contributed by atoms with van der Waals surface area (Å²) in [5.74, 6) is 1.21. The molecule has 0 amide bonds. The fraction of sp³-hybridized carbons (Fsp3) is 1.00. The number of hydrogen-bond acceptors (Lipinski definition) is 2. The highest BCUT2D eigenvalue weighted by Gasteiger charge is 2.23. The van der Waals surface area contributed by atoms with Crippen molar-refractivity contribution in [3.05, 3.63) is 0 Å². The highest BCUT2D eigenvalue weighted by atomic mass is 16.3. The predicted octanol–water partition coefficient (Wildman–Crippen LogP) is 1.35. The van der Waals surface area contributed by atoms with Crippen LogP contribution in [0.15, 0.2) is 0 Å². The number of β-amino-alcohol motifs (C(OH)–C–C–N with tert-alkyl or cyclic N) is 1. The van der Waals surface area contributed by atoms with Gasteiger partial charge in [-0.2, -0.15) is 0 Å². The average molecular weight is 171 g/mol. The molecular formula is C10H21NO. The van der Waals surface area contributed by atoms with E-state index < -0.39 is 0 Å². The molecule has 0 unspecified atom stereocenters. The Bertz CT molecular complexity index is 136. The average Bonchev–Trinajstić information content (AvgIpc) is 1.96. The number of piperidine rings is 1. The maximum atomic E-state index is 9.62. The third kappa shape index (κ3) is 2.76. The summed E-state index contributed by atoms with van der Waals surface area (Å²) in [5.41, 5.74) is 0. The Morgan fingerprint density at radius 2 is 2.17 bits per heavy atom. The molecule has 2 nitrogen and oxygen atoms in total. The molecule has 0 aromatic heterocycles. The van der Waals surface area contributed by atoms with Gasteiger partial charge in [-0.05, 0) is 24.8 Å². The fourth-order valence-electron chi connectivity index (χ4n) is 1.80. The van der Waals surface area contributed by atoms with Gasteiger partial charge in [-0.25, -0.2) is 0 Å². The summed E-state index contributed by atoms with van der Waals surface area (Å²) >= 11 is 0. The maximum Gasteiger partial charge on any atom is 0.0693 e. The number of nitrogens with zero attached hydrogens (tertiary/aromatic N) is 1. The minimum absolute atomic E-state index is 0.0995. The van der Waals surface area contributed by atoms with Gasteiger partial charge in [0.05, 0.1) is 6.10 Å². The summed E-state index contributed by atoms with van der Waals surface area (Å²) < 4.78 is 0. The molecule has 1 heterocycles. The van der Waals surface area contributed by atoms with Crippen molar-refractivity contribution in [1.82, 2.24) is 4.90 Å². The summed E-state index contributed by atoms with van der Waals surface area (Å²) in [6.07, 6.45) is 1.05. The van der Waals surface area contributed by atoms with Gasteiger partial charge in [0.15, 0.2) is 0 Å². The molecular weight excluding hydrogens is 150 g/mol. The molecule has 1 aliphatic heterocycles. The van der Waals surface area contributed by atoms with Crippen LogP contribution in [-0.4, -0.2) is 35.7 Å². The van der Waals surface area contributed by atoms with Gasteiger partial charge in [-0.3, -0.25) is 0 Å². The van der Waals surface area contributed by atoms with E-state index in [0.29, 0.717) is 11.8 Å². The summed E-state index contributed by atoms with van der Waals surface area (Å²) in [4.78, 5) is 2.37. The molecule has 1 fully saturated rings. The predicted molar refractivity (Wildman–Crippen MR) is 51.1 cm³/mol. The third-order valence-electron chi connectivity index (χ3n) is 2.63. The fourth-order valence-corrected chi connectivity index (χ4v) is 1.80. The minimum atomic E-state index is -0.0995. The number of hydrogen-bond donors (Lipinski definition) is 1. The van der Waals surface area contributed by atoms with Crippen LogP contribution in [0.1, 0.15) is 27.2 Å². The van der Waals surface area contributed by atoms with E-state index in [1.807, 2.05) is 0 Å². The lowest BCUT2D eigenvalue weighted by Crippen LogP contribution is -2.44. The molecule has 0 spiro atoms. The first-order valence-corrected chi connectivity index (χ1v) is 5.00. The molecule has 0 aliphatic carbocycles. The maximum absolute atomic E-state index is 9.62. The Balaban J connectivity index is 2.30. The topological polar surface area (TPSA) is 23.5 Å². The molecule has 1 N–H and O–H groups in total. The first kappa shape index (κ1) is 10.0. The third-order valence-corrected chi connectivity index (χ3v) is 2.63. The van der Waals surface area contributed by atoms with Crippen molar-refractivity contribution >= 4 is 0 Å². The zero-order valence-electron chi connectivity index (χ0n) is 8.45. The second-order valence-corrected chi connectivity index (χ2v) is 4.49. The molecule has 1 rings (SSSR count). The van der Waals surface area contributed by atoms with Gasteiger partial charge < -0.3 is 10.0 Å². The quantitative estimate of drug-likeness (QED) is 0.678. The van der Waals surface area contributed by atoms with Crippen LogP contribution in [0, 0.1) is 11.8 Å². The Morgan fingerprint density at radius 3 is 2.67 bits per heavy atom. The van der Waals surface area contributed by atoms with E-state index in [4.69, 9.17) is 0 Å². The van der Waals surface area contributed by atoms with Crippen LogP contribution in [0.25, 0.3) is 0 Å². The number of likely N-dealkylation sites (tertiary alicyclic amines) is 1. The minimum Gasteiger partial charge on any atom is -0.392 e. The molecule has 2 atom stereocenters. The number of rotatable bonds is 2. The molecule has 1 saturated heterocycles. The van der Waals surface area contributed by atoms with Gasteiger partial charge in [-0.1, -0.05) is 20.8 Å². The second kappa shape index (κ2) is 4.24. The Morgan fingerprint density at radius 1 is 1.50 bits per heavy atom. The van der Waals surface area contributed by atoms with Crippen LogP contribution in [0.3, 0.4) is 0 Å². The van der Waals surface area contributed by atoms with Crippen LogP contribution in [0.5, 0.6) is 0 Å². The zero-order chi connectivity index (χ0) is 9.14. The van der Waals surface area contributed by atoms with E-state index in [0.717, 1.165) is 26.1 Å². The van der Waals surface area contributed by atoms with Gasteiger partial charge in [0, 0.05) is 13.1 Å². The van der Waals surface area contributed by atoms with E-state index in [-0.39, 0.29) is 6.10 Å². The van der Waals surface area contributed by atoms with Crippen LogP contribution in [0.2, 0.25) is 0 Å². The van der Waals surface area contributed by atoms with Gasteiger partial charge in [0.2, 0.25) is 0 Å². The lowest BCUT2D eigenvalue weighted by Gasteiger charge is -2.35. The largest absolute Gasteiger partial charge is 0.392 e. The molecule has 2 heteroatoms. The summed E-state index contributed by atoms with van der Waals surface area (Å²) in [7, 11) is 0.